The largest absolute Gasteiger partial charge is 0.494 e. The number of hydrogen-bond donors (Lipinski definition) is 1. The summed E-state index contributed by atoms with van der Waals surface area (Å²) in [6.07, 6.45) is 1.73. The number of aryl methyl sites for hydroxylation is 1. The smallest absolute Gasteiger partial charge is 0.167 e. The third-order valence-corrected chi connectivity index (χ3v) is 3.90. The van der Waals surface area contributed by atoms with Crippen molar-refractivity contribution in [2.24, 2.45) is 0 Å². The number of aromatic nitrogens is 4. The molecule has 0 radical (unpaired) electrons. The first-order valence-electron chi connectivity index (χ1n) is 7.23. The average Bonchev–Trinajstić information content (AvgIpc) is 2.92. The highest BCUT2D eigenvalue weighted by molar-refractivity contribution is 6.08. The van der Waals surface area contributed by atoms with E-state index in [4.69, 9.17) is 15.5 Å². The van der Waals surface area contributed by atoms with Gasteiger partial charge in [0.15, 0.2) is 11.5 Å². The molecule has 0 saturated carbocycles. The van der Waals surface area contributed by atoms with Crippen molar-refractivity contribution in [3.05, 3.63) is 48.3 Å². The minimum absolute atomic E-state index is 0. The highest BCUT2D eigenvalue weighted by Gasteiger charge is 2.18. The topological polar surface area (TPSA) is 78.9 Å². The minimum Gasteiger partial charge on any atom is -0.494 e. The predicted octanol–water partition coefficient (Wildman–Crippen LogP) is 3.29. The molecule has 0 aliphatic carbocycles. The molecule has 0 amide bonds. The first-order chi connectivity index (χ1) is 11.2. The second kappa shape index (κ2) is 5.98. The van der Waals surface area contributed by atoms with Gasteiger partial charge in [0.05, 0.1) is 23.9 Å². The van der Waals surface area contributed by atoms with Crippen LogP contribution in [0.5, 0.6) is 5.75 Å². The van der Waals surface area contributed by atoms with Crippen molar-refractivity contribution in [3.8, 4) is 11.6 Å². The normalized spacial score (nSPS) is 10.8. The first-order valence-corrected chi connectivity index (χ1v) is 7.23. The summed E-state index contributed by atoms with van der Waals surface area (Å²) in [5.74, 6) is 1.38. The van der Waals surface area contributed by atoms with Gasteiger partial charge in [-0.05, 0) is 25.1 Å². The number of pyridine rings is 2. The van der Waals surface area contributed by atoms with Crippen LogP contribution in [0.4, 0.5) is 5.69 Å². The van der Waals surface area contributed by atoms with E-state index in [9.17, 15) is 0 Å². The lowest BCUT2D eigenvalue weighted by Crippen LogP contribution is -2.01. The number of rotatable bonds is 2. The van der Waals surface area contributed by atoms with E-state index in [2.05, 4.69) is 10.1 Å². The Balaban J connectivity index is 0.00000169. The van der Waals surface area contributed by atoms with Crippen LogP contribution in [0.3, 0.4) is 0 Å². The Labute approximate surface area is 144 Å². The van der Waals surface area contributed by atoms with Gasteiger partial charge >= 0.3 is 0 Å². The van der Waals surface area contributed by atoms with Crippen molar-refractivity contribution in [1.82, 2.24) is 19.7 Å². The first kappa shape index (κ1) is 16.0. The van der Waals surface area contributed by atoms with Gasteiger partial charge in [-0.25, -0.2) is 9.97 Å². The van der Waals surface area contributed by atoms with Crippen LogP contribution in [0.2, 0.25) is 0 Å². The van der Waals surface area contributed by atoms with Crippen LogP contribution in [0, 0.1) is 6.92 Å². The number of nitrogen functional groups attached to an aromatic ring is 1. The Bertz CT molecular complexity index is 1030. The van der Waals surface area contributed by atoms with E-state index in [-0.39, 0.29) is 12.4 Å². The Kier molecular flexibility index (Phi) is 3.99. The molecule has 0 fully saturated rings. The fraction of sp³-hybridized carbons (Fsp3) is 0.118. The van der Waals surface area contributed by atoms with Crippen LogP contribution in [0.25, 0.3) is 27.8 Å². The maximum absolute atomic E-state index is 6.40. The SMILES string of the molecule is COc1cccc2c(N)c3c(C)nn(-c4ccccn4)c3nc12.Cl. The standard InChI is InChI=1S/C17H15N5O.ClH/c1-10-14-15(18)11-6-5-7-12(23-2)16(11)20-17(14)22(21-10)13-8-3-4-9-19-13;/h3-9H,1-2H3,(H2,18,20);1H. The number of methoxy groups -OCH3 is 1. The molecule has 1 aromatic carbocycles. The summed E-state index contributed by atoms with van der Waals surface area (Å²) in [6, 6.07) is 11.4. The van der Waals surface area contributed by atoms with Gasteiger partial charge in [-0.15, -0.1) is 12.4 Å². The molecular formula is C17H16ClN5O. The third kappa shape index (κ3) is 2.23. The summed E-state index contributed by atoms with van der Waals surface area (Å²) >= 11 is 0. The number of nitrogens with two attached hydrogens (primary N) is 1. The summed E-state index contributed by atoms with van der Waals surface area (Å²) in [7, 11) is 1.62. The third-order valence-electron chi connectivity index (χ3n) is 3.90. The summed E-state index contributed by atoms with van der Waals surface area (Å²) in [5.41, 5.74) is 9.27. The predicted molar refractivity (Wildman–Crippen MR) is 97.1 cm³/mol. The molecule has 0 spiro atoms. The maximum atomic E-state index is 6.40. The summed E-state index contributed by atoms with van der Waals surface area (Å²) in [6.45, 7) is 1.92. The van der Waals surface area contributed by atoms with E-state index >= 15 is 0 Å². The van der Waals surface area contributed by atoms with Gasteiger partial charge < -0.3 is 10.5 Å². The van der Waals surface area contributed by atoms with Gasteiger partial charge in [0.25, 0.3) is 0 Å². The summed E-state index contributed by atoms with van der Waals surface area (Å²) in [5, 5.41) is 6.28. The molecule has 6 nitrogen and oxygen atoms in total. The number of nitrogens with zero attached hydrogens (tertiary/aromatic N) is 4. The Morgan fingerprint density at radius 3 is 2.67 bits per heavy atom. The quantitative estimate of drug-likeness (QED) is 0.605. The molecule has 0 aliphatic heterocycles. The highest BCUT2D eigenvalue weighted by Crippen LogP contribution is 2.34. The molecule has 122 valence electrons. The molecule has 0 bridgehead atoms. The lowest BCUT2D eigenvalue weighted by Gasteiger charge is -2.08. The minimum atomic E-state index is 0. The molecule has 0 saturated heterocycles. The lowest BCUT2D eigenvalue weighted by molar-refractivity contribution is 0.419. The van der Waals surface area contributed by atoms with E-state index in [0.717, 1.165) is 22.0 Å². The molecule has 3 heterocycles. The number of anilines is 1. The molecular weight excluding hydrogens is 326 g/mol. The molecule has 0 atom stereocenters. The number of benzene rings is 1. The fourth-order valence-electron chi connectivity index (χ4n) is 2.83. The molecule has 3 aromatic heterocycles. The molecule has 0 aliphatic rings. The van der Waals surface area contributed by atoms with Crippen LogP contribution in [-0.4, -0.2) is 26.9 Å². The second-order valence-corrected chi connectivity index (χ2v) is 5.27. The van der Waals surface area contributed by atoms with E-state index in [0.29, 0.717) is 22.9 Å². The molecule has 2 N–H and O–H groups in total. The van der Waals surface area contributed by atoms with E-state index in [1.807, 2.05) is 43.3 Å². The van der Waals surface area contributed by atoms with Crippen LogP contribution in [0.1, 0.15) is 5.69 Å². The van der Waals surface area contributed by atoms with E-state index in [1.165, 1.54) is 0 Å². The van der Waals surface area contributed by atoms with Gasteiger partial charge in [-0.1, -0.05) is 18.2 Å². The van der Waals surface area contributed by atoms with Crippen molar-refractivity contribution >= 4 is 40.0 Å². The number of halogens is 1. The van der Waals surface area contributed by atoms with Crippen molar-refractivity contribution < 1.29 is 4.74 Å². The van der Waals surface area contributed by atoms with Crippen molar-refractivity contribution in [2.45, 2.75) is 6.92 Å². The number of ether oxygens (including phenoxy) is 1. The summed E-state index contributed by atoms with van der Waals surface area (Å²) < 4.78 is 7.14. The molecule has 7 heteroatoms. The lowest BCUT2D eigenvalue weighted by atomic mass is 10.1. The van der Waals surface area contributed by atoms with Crippen molar-refractivity contribution in [1.29, 1.82) is 0 Å². The second-order valence-electron chi connectivity index (χ2n) is 5.27. The van der Waals surface area contributed by atoms with E-state index < -0.39 is 0 Å². The Morgan fingerprint density at radius 2 is 1.96 bits per heavy atom. The fourth-order valence-corrected chi connectivity index (χ4v) is 2.83. The summed E-state index contributed by atoms with van der Waals surface area (Å²) in [4.78, 5) is 9.12. The highest BCUT2D eigenvalue weighted by atomic mass is 35.5. The van der Waals surface area contributed by atoms with Gasteiger partial charge in [0.1, 0.15) is 11.3 Å². The molecule has 4 rings (SSSR count). The zero-order valence-corrected chi connectivity index (χ0v) is 14.0. The van der Waals surface area contributed by atoms with Crippen molar-refractivity contribution in [3.63, 3.8) is 0 Å². The molecule has 4 aromatic rings. The average molecular weight is 342 g/mol. The number of fused-ring (bicyclic) bond motifs is 2. The van der Waals surface area contributed by atoms with Gasteiger partial charge in [-0.2, -0.15) is 9.78 Å². The molecule has 24 heavy (non-hydrogen) atoms. The van der Waals surface area contributed by atoms with Gasteiger partial charge in [0.2, 0.25) is 0 Å². The zero-order chi connectivity index (χ0) is 16.0. The number of hydrogen-bond acceptors (Lipinski definition) is 5. The van der Waals surface area contributed by atoms with Crippen LogP contribution in [-0.2, 0) is 0 Å². The van der Waals surface area contributed by atoms with Gasteiger partial charge in [0, 0.05) is 11.6 Å². The number of para-hydroxylation sites is 1. The van der Waals surface area contributed by atoms with Crippen LogP contribution < -0.4 is 10.5 Å². The van der Waals surface area contributed by atoms with E-state index in [1.54, 1.807) is 18.0 Å². The van der Waals surface area contributed by atoms with Crippen molar-refractivity contribution in [2.75, 3.05) is 12.8 Å². The van der Waals surface area contributed by atoms with Crippen LogP contribution in [0.15, 0.2) is 42.6 Å². The Hall–Kier alpha value is -2.86. The zero-order valence-electron chi connectivity index (χ0n) is 13.2. The monoisotopic (exact) mass is 341 g/mol. The van der Waals surface area contributed by atoms with Gasteiger partial charge in [-0.3, -0.25) is 0 Å². The van der Waals surface area contributed by atoms with Crippen LogP contribution >= 0.6 is 12.4 Å². The Morgan fingerprint density at radius 1 is 1.12 bits per heavy atom. The molecule has 0 unspecified atom stereocenters. The maximum Gasteiger partial charge on any atom is 0.167 e.